The van der Waals surface area contributed by atoms with Crippen molar-refractivity contribution in [1.82, 2.24) is 0 Å². The summed E-state index contributed by atoms with van der Waals surface area (Å²) in [5, 5.41) is 3.52. The molecule has 0 saturated carbocycles. The van der Waals surface area contributed by atoms with Crippen LogP contribution in [0.5, 0.6) is 0 Å². The van der Waals surface area contributed by atoms with E-state index in [9.17, 15) is 0 Å². The summed E-state index contributed by atoms with van der Waals surface area (Å²) in [4.78, 5) is 0. The van der Waals surface area contributed by atoms with Crippen molar-refractivity contribution in [3.63, 3.8) is 0 Å². The average molecular weight is 300 g/mol. The van der Waals surface area contributed by atoms with Crippen LogP contribution in [0.3, 0.4) is 0 Å². The summed E-state index contributed by atoms with van der Waals surface area (Å²) in [5.74, 6) is 0. The summed E-state index contributed by atoms with van der Waals surface area (Å²) in [5.41, 5.74) is 16.8. The van der Waals surface area contributed by atoms with Gasteiger partial charge in [0.05, 0.1) is 16.8 Å². The van der Waals surface area contributed by atoms with E-state index in [0.29, 0.717) is 11.4 Å². The van der Waals surface area contributed by atoms with E-state index < -0.39 is 0 Å². The lowest BCUT2D eigenvalue weighted by molar-refractivity contribution is -0.565. The first-order valence-corrected chi connectivity index (χ1v) is 7.64. The van der Waals surface area contributed by atoms with Crippen LogP contribution in [0, 0.1) is 6.92 Å². The van der Waals surface area contributed by atoms with Gasteiger partial charge in [0.1, 0.15) is 0 Å². The number of benzene rings is 3. The fraction of sp³-hybridized carbons (Fsp3) is 0.0500. The number of aryl methyl sites for hydroxylation is 1. The summed E-state index contributed by atoms with van der Waals surface area (Å²) in [7, 11) is 0. The van der Waals surface area contributed by atoms with Crippen molar-refractivity contribution in [2.24, 2.45) is 0 Å². The van der Waals surface area contributed by atoms with Gasteiger partial charge in [0, 0.05) is 29.0 Å². The molecule has 0 amide bonds. The number of hydrogen-bond acceptors (Lipinski definition) is 2. The minimum atomic E-state index is 0.620. The predicted molar refractivity (Wildman–Crippen MR) is 96.5 cm³/mol. The van der Waals surface area contributed by atoms with Crippen LogP contribution in [-0.4, -0.2) is 0 Å². The minimum absolute atomic E-state index is 0.620. The minimum Gasteiger partial charge on any atom is -0.397 e. The Bertz CT molecular complexity index is 1040. The maximum Gasteiger partial charge on any atom is 0.221 e. The standard InChI is InChI=1S/C20H17N3/c1-13-19-16-10-6-5-7-14(16)12-23(15-8-3-2-4-9-15)18(19)11-17(21)20(13)22/h2-12,21H,22H2,1H3/p+1. The summed E-state index contributed by atoms with van der Waals surface area (Å²) < 4.78 is 2.18. The van der Waals surface area contributed by atoms with E-state index in [4.69, 9.17) is 11.5 Å². The molecule has 23 heavy (non-hydrogen) atoms. The van der Waals surface area contributed by atoms with Gasteiger partial charge in [-0.05, 0) is 18.6 Å². The van der Waals surface area contributed by atoms with E-state index >= 15 is 0 Å². The zero-order chi connectivity index (χ0) is 16.0. The Balaban J connectivity index is 2.26. The number of fused-ring (bicyclic) bond motifs is 3. The molecule has 0 aliphatic heterocycles. The van der Waals surface area contributed by atoms with E-state index in [-0.39, 0.29) is 0 Å². The molecule has 0 atom stereocenters. The molecule has 0 fully saturated rings. The van der Waals surface area contributed by atoms with Crippen molar-refractivity contribution in [2.45, 2.75) is 6.92 Å². The van der Waals surface area contributed by atoms with E-state index in [1.807, 2.05) is 31.2 Å². The number of hydrogen-bond donors (Lipinski definition) is 2. The molecule has 0 bridgehead atoms. The van der Waals surface area contributed by atoms with Crippen molar-refractivity contribution in [3.8, 4) is 5.69 Å². The normalized spacial score (nSPS) is 11.2. The Morgan fingerprint density at radius 2 is 1.57 bits per heavy atom. The average Bonchev–Trinajstić information content (AvgIpc) is 2.59. The second-order valence-electron chi connectivity index (χ2n) is 5.82. The molecular formula is C20H18N3+. The van der Waals surface area contributed by atoms with Gasteiger partial charge in [0.2, 0.25) is 11.2 Å². The molecule has 4 N–H and O–H groups in total. The van der Waals surface area contributed by atoms with Crippen LogP contribution in [0.2, 0.25) is 0 Å². The van der Waals surface area contributed by atoms with Crippen molar-refractivity contribution < 1.29 is 4.57 Å². The van der Waals surface area contributed by atoms with Crippen LogP contribution in [0.25, 0.3) is 27.4 Å². The lowest BCUT2D eigenvalue weighted by atomic mass is 9.99. The third kappa shape index (κ3) is 2.01. The first kappa shape index (κ1) is 13.6. The highest BCUT2D eigenvalue weighted by atomic mass is 15.0. The molecule has 3 nitrogen and oxygen atoms in total. The molecule has 0 spiro atoms. The summed E-state index contributed by atoms with van der Waals surface area (Å²) in [6.07, 6.45) is 2.15. The molecule has 0 unspecified atom stereocenters. The summed E-state index contributed by atoms with van der Waals surface area (Å²) in [6.45, 7) is 2.04. The number of nitrogen functional groups attached to an aromatic ring is 2. The molecule has 3 heteroatoms. The monoisotopic (exact) mass is 300 g/mol. The van der Waals surface area contributed by atoms with Crippen LogP contribution in [-0.2, 0) is 0 Å². The zero-order valence-electron chi connectivity index (χ0n) is 13.0. The Hall–Kier alpha value is -3.07. The van der Waals surface area contributed by atoms with Crippen molar-refractivity contribution in [2.75, 3.05) is 11.5 Å². The second-order valence-corrected chi connectivity index (χ2v) is 5.82. The van der Waals surface area contributed by atoms with Crippen molar-refractivity contribution in [3.05, 3.63) is 72.4 Å². The van der Waals surface area contributed by atoms with Gasteiger partial charge in [-0.2, -0.15) is 4.57 Å². The summed E-state index contributed by atoms with van der Waals surface area (Å²) in [6, 6.07) is 20.6. The molecule has 4 rings (SSSR count). The predicted octanol–water partition coefficient (Wildman–Crippen LogP) is 3.74. The van der Waals surface area contributed by atoms with E-state index in [1.54, 1.807) is 0 Å². The third-order valence-electron chi connectivity index (χ3n) is 4.43. The molecule has 0 saturated heterocycles. The lowest BCUT2D eigenvalue weighted by Gasteiger charge is -2.11. The van der Waals surface area contributed by atoms with Crippen molar-refractivity contribution in [1.29, 1.82) is 0 Å². The smallest absolute Gasteiger partial charge is 0.221 e. The number of nitrogens with two attached hydrogens (primary N) is 2. The Morgan fingerprint density at radius 3 is 2.35 bits per heavy atom. The number of rotatable bonds is 1. The van der Waals surface area contributed by atoms with Gasteiger partial charge >= 0.3 is 0 Å². The zero-order valence-corrected chi connectivity index (χ0v) is 13.0. The maximum atomic E-state index is 6.19. The molecule has 112 valence electrons. The quantitative estimate of drug-likeness (QED) is 0.319. The van der Waals surface area contributed by atoms with Gasteiger partial charge in [0.25, 0.3) is 0 Å². The van der Waals surface area contributed by atoms with E-state index in [1.165, 1.54) is 10.8 Å². The summed E-state index contributed by atoms with van der Waals surface area (Å²) >= 11 is 0. The van der Waals surface area contributed by atoms with Crippen LogP contribution in [0.15, 0.2) is 66.9 Å². The first-order valence-electron chi connectivity index (χ1n) is 7.64. The molecule has 3 aromatic carbocycles. The third-order valence-corrected chi connectivity index (χ3v) is 4.43. The second kappa shape index (κ2) is 4.99. The molecule has 0 radical (unpaired) electrons. The van der Waals surface area contributed by atoms with Crippen LogP contribution >= 0.6 is 0 Å². The van der Waals surface area contributed by atoms with E-state index in [0.717, 1.165) is 22.2 Å². The van der Waals surface area contributed by atoms with Gasteiger partial charge in [-0.15, -0.1) is 0 Å². The number of anilines is 2. The topological polar surface area (TPSA) is 55.9 Å². The number of para-hydroxylation sites is 1. The fourth-order valence-electron chi connectivity index (χ4n) is 3.22. The Morgan fingerprint density at radius 1 is 0.870 bits per heavy atom. The molecular weight excluding hydrogens is 282 g/mol. The molecule has 0 aliphatic rings. The fourth-order valence-corrected chi connectivity index (χ4v) is 3.22. The molecule has 4 aromatic rings. The molecule has 1 heterocycles. The largest absolute Gasteiger partial charge is 0.397 e. The van der Waals surface area contributed by atoms with Gasteiger partial charge < -0.3 is 11.5 Å². The molecule has 0 aliphatic carbocycles. The van der Waals surface area contributed by atoms with Gasteiger partial charge in [0.15, 0.2) is 6.20 Å². The molecule has 1 aromatic heterocycles. The number of pyridine rings is 1. The Labute approximate surface area is 134 Å². The van der Waals surface area contributed by atoms with E-state index in [2.05, 4.69) is 47.2 Å². The first-order chi connectivity index (χ1) is 11.2. The highest BCUT2D eigenvalue weighted by Crippen LogP contribution is 2.32. The van der Waals surface area contributed by atoms with Gasteiger partial charge in [-0.1, -0.05) is 36.4 Å². The highest BCUT2D eigenvalue weighted by molar-refractivity contribution is 6.08. The van der Waals surface area contributed by atoms with Gasteiger partial charge in [-0.3, -0.25) is 0 Å². The number of nitrogens with zero attached hydrogens (tertiary/aromatic N) is 1. The van der Waals surface area contributed by atoms with Gasteiger partial charge in [-0.25, -0.2) is 0 Å². The maximum absolute atomic E-state index is 6.19. The Kier molecular flexibility index (Phi) is 2.95. The van der Waals surface area contributed by atoms with Crippen LogP contribution in [0.4, 0.5) is 11.4 Å². The lowest BCUT2D eigenvalue weighted by Crippen LogP contribution is -2.31. The highest BCUT2D eigenvalue weighted by Gasteiger charge is 2.19. The van der Waals surface area contributed by atoms with Crippen LogP contribution in [0.1, 0.15) is 5.56 Å². The SMILES string of the molecule is Cc1c(N)c(N)cc2c1c1ccccc1c[n+]2-c1ccccc1. The van der Waals surface area contributed by atoms with Crippen LogP contribution < -0.4 is 16.0 Å². The number of aromatic nitrogens is 1. The van der Waals surface area contributed by atoms with Crippen molar-refractivity contribution >= 4 is 33.1 Å².